The van der Waals surface area contributed by atoms with Crippen LogP contribution in [0.15, 0.2) is 11.6 Å². The molecule has 3 saturated carbocycles. The van der Waals surface area contributed by atoms with Gasteiger partial charge < -0.3 is 15.3 Å². The zero-order valence-electron chi connectivity index (χ0n) is 15.2. The number of aliphatic hydroxyl groups excluding tert-OH is 3. The van der Waals surface area contributed by atoms with Crippen molar-refractivity contribution in [3.05, 3.63) is 11.6 Å². The molecule has 0 radical (unpaired) electrons. The fourth-order valence-corrected chi connectivity index (χ4v) is 7.53. The zero-order chi connectivity index (χ0) is 17.1. The number of hydrogen-bond donors (Lipinski definition) is 3. The van der Waals surface area contributed by atoms with Crippen LogP contribution in [0, 0.1) is 34.5 Å². The summed E-state index contributed by atoms with van der Waals surface area (Å²) in [4.78, 5) is 0. The minimum atomic E-state index is -0.311. The molecule has 136 valence electrons. The SMILES string of the molecule is C[C@@H](O)C1CCC2C3CC=C4CC(O)CCC4(C)C3CCC21CO. The highest BCUT2D eigenvalue weighted by Crippen LogP contribution is 2.66. The van der Waals surface area contributed by atoms with Gasteiger partial charge >= 0.3 is 0 Å². The molecule has 0 bridgehead atoms. The van der Waals surface area contributed by atoms with E-state index in [4.69, 9.17) is 0 Å². The highest BCUT2D eigenvalue weighted by Gasteiger charge is 2.60. The monoisotopic (exact) mass is 334 g/mol. The first kappa shape index (κ1) is 17.1. The molecule has 3 heteroatoms. The van der Waals surface area contributed by atoms with Crippen LogP contribution < -0.4 is 0 Å². The molecule has 3 N–H and O–H groups in total. The number of aliphatic hydroxyl groups is 3. The summed E-state index contributed by atoms with van der Waals surface area (Å²) in [6.07, 6.45) is 10.5. The van der Waals surface area contributed by atoms with Crippen LogP contribution in [0.3, 0.4) is 0 Å². The largest absolute Gasteiger partial charge is 0.396 e. The van der Waals surface area contributed by atoms with Crippen molar-refractivity contribution in [2.45, 2.75) is 77.4 Å². The van der Waals surface area contributed by atoms with Crippen LogP contribution >= 0.6 is 0 Å². The van der Waals surface area contributed by atoms with Gasteiger partial charge in [-0.15, -0.1) is 0 Å². The van der Waals surface area contributed by atoms with Crippen LogP contribution in [0.1, 0.15) is 65.2 Å². The van der Waals surface area contributed by atoms with E-state index >= 15 is 0 Å². The van der Waals surface area contributed by atoms with Gasteiger partial charge in [0.05, 0.1) is 12.2 Å². The first-order chi connectivity index (χ1) is 11.4. The first-order valence-electron chi connectivity index (χ1n) is 10.1. The van der Waals surface area contributed by atoms with Crippen molar-refractivity contribution < 1.29 is 15.3 Å². The van der Waals surface area contributed by atoms with Crippen LogP contribution in [0.4, 0.5) is 0 Å². The van der Waals surface area contributed by atoms with E-state index in [1.165, 1.54) is 18.4 Å². The lowest BCUT2D eigenvalue weighted by Gasteiger charge is -2.58. The van der Waals surface area contributed by atoms with Gasteiger partial charge in [-0.05, 0) is 87.4 Å². The van der Waals surface area contributed by atoms with Crippen LogP contribution in [0.2, 0.25) is 0 Å². The first-order valence-corrected chi connectivity index (χ1v) is 10.1. The summed E-state index contributed by atoms with van der Waals surface area (Å²) >= 11 is 0. The molecular weight excluding hydrogens is 300 g/mol. The van der Waals surface area contributed by atoms with Crippen molar-refractivity contribution in [1.29, 1.82) is 0 Å². The zero-order valence-corrected chi connectivity index (χ0v) is 15.2. The summed E-state index contributed by atoms with van der Waals surface area (Å²) in [6.45, 7) is 4.59. The van der Waals surface area contributed by atoms with E-state index in [9.17, 15) is 15.3 Å². The van der Waals surface area contributed by atoms with Crippen molar-refractivity contribution in [2.75, 3.05) is 6.61 Å². The van der Waals surface area contributed by atoms with Gasteiger partial charge in [0, 0.05) is 12.0 Å². The molecule has 7 unspecified atom stereocenters. The van der Waals surface area contributed by atoms with E-state index in [0.717, 1.165) is 38.5 Å². The minimum Gasteiger partial charge on any atom is -0.396 e. The van der Waals surface area contributed by atoms with Gasteiger partial charge in [0.2, 0.25) is 0 Å². The molecule has 0 amide bonds. The van der Waals surface area contributed by atoms with Crippen molar-refractivity contribution in [2.24, 2.45) is 34.5 Å². The highest BCUT2D eigenvalue weighted by molar-refractivity contribution is 5.25. The van der Waals surface area contributed by atoms with Gasteiger partial charge in [-0.2, -0.15) is 0 Å². The minimum absolute atomic E-state index is 0.0504. The molecule has 0 aromatic carbocycles. The Morgan fingerprint density at radius 2 is 1.96 bits per heavy atom. The molecule has 24 heavy (non-hydrogen) atoms. The van der Waals surface area contributed by atoms with Gasteiger partial charge in [0.25, 0.3) is 0 Å². The predicted octanol–water partition coefficient (Wildman–Crippen LogP) is 3.28. The van der Waals surface area contributed by atoms with E-state index in [-0.39, 0.29) is 35.6 Å². The van der Waals surface area contributed by atoms with Gasteiger partial charge in [-0.1, -0.05) is 18.6 Å². The van der Waals surface area contributed by atoms with Crippen molar-refractivity contribution in [3.8, 4) is 0 Å². The Bertz CT molecular complexity index is 527. The molecule has 4 rings (SSSR count). The Kier molecular flexibility index (Phi) is 4.14. The molecule has 0 saturated heterocycles. The average molecular weight is 335 g/mol. The number of rotatable bonds is 2. The third-order valence-electron chi connectivity index (χ3n) is 8.74. The normalized spacial score (nSPS) is 52.0. The van der Waals surface area contributed by atoms with Crippen LogP contribution in [0.25, 0.3) is 0 Å². The Morgan fingerprint density at radius 1 is 1.17 bits per heavy atom. The van der Waals surface area contributed by atoms with Gasteiger partial charge in [0.15, 0.2) is 0 Å². The lowest BCUT2D eigenvalue weighted by molar-refractivity contribution is -0.0996. The number of hydrogen-bond acceptors (Lipinski definition) is 3. The van der Waals surface area contributed by atoms with E-state index < -0.39 is 0 Å². The molecule has 0 heterocycles. The molecule has 3 fully saturated rings. The molecule has 4 aliphatic rings. The van der Waals surface area contributed by atoms with Crippen LogP contribution in [-0.4, -0.2) is 34.1 Å². The van der Waals surface area contributed by atoms with E-state index in [0.29, 0.717) is 17.8 Å². The predicted molar refractivity (Wildman–Crippen MR) is 94.3 cm³/mol. The third kappa shape index (κ3) is 2.20. The molecule has 0 aliphatic heterocycles. The van der Waals surface area contributed by atoms with Gasteiger partial charge in [-0.25, -0.2) is 0 Å². The van der Waals surface area contributed by atoms with Crippen molar-refractivity contribution in [3.63, 3.8) is 0 Å². The maximum Gasteiger partial charge on any atom is 0.0577 e. The summed E-state index contributed by atoms with van der Waals surface area (Å²) in [7, 11) is 0. The molecule has 0 aromatic heterocycles. The van der Waals surface area contributed by atoms with Gasteiger partial charge in [-0.3, -0.25) is 0 Å². The number of fused-ring (bicyclic) bond motifs is 5. The van der Waals surface area contributed by atoms with Gasteiger partial charge in [0.1, 0.15) is 0 Å². The Hall–Kier alpha value is -0.380. The second kappa shape index (κ2) is 5.82. The average Bonchev–Trinajstić information content (AvgIpc) is 2.95. The molecule has 4 aliphatic carbocycles. The quantitative estimate of drug-likeness (QED) is 0.679. The molecule has 0 aromatic rings. The summed E-state index contributed by atoms with van der Waals surface area (Å²) in [5, 5.41) is 30.7. The molecular formula is C21H34O3. The lowest BCUT2D eigenvalue weighted by atomic mass is 9.47. The standard InChI is InChI=1S/C21H34O3/c1-13(23)17-5-6-19-16-4-3-14-11-15(24)7-9-20(14,2)18(16)8-10-21(17,19)12-22/h3,13,15-19,22-24H,4-12H2,1-2H3/t13-,15?,16?,17?,18?,19?,20?,21?/m1/s1. The summed E-state index contributed by atoms with van der Waals surface area (Å²) in [5.41, 5.74) is 1.71. The summed E-state index contributed by atoms with van der Waals surface area (Å²) in [6, 6.07) is 0. The van der Waals surface area contributed by atoms with Crippen LogP contribution in [0.5, 0.6) is 0 Å². The summed E-state index contributed by atoms with van der Waals surface area (Å²) in [5.74, 6) is 2.17. The topological polar surface area (TPSA) is 60.7 Å². The molecule has 0 spiro atoms. The van der Waals surface area contributed by atoms with E-state index in [1.54, 1.807) is 0 Å². The van der Waals surface area contributed by atoms with E-state index in [1.807, 2.05) is 6.92 Å². The van der Waals surface area contributed by atoms with Crippen LogP contribution in [-0.2, 0) is 0 Å². The second-order valence-electron chi connectivity index (χ2n) is 9.51. The van der Waals surface area contributed by atoms with E-state index in [2.05, 4.69) is 13.0 Å². The Morgan fingerprint density at radius 3 is 2.67 bits per heavy atom. The maximum absolute atomic E-state index is 10.3. The lowest BCUT2D eigenvalue weighted by Crippen LogP contribution is -2.53. The molecule has 3 nitrogen and oxygen atoms in total. The Balaban J connectivity index is 1.67. The smallest absolute Gasteiger partial charge is 0.0577 e. The Labute approximate surface area is 146 Å². The number of allylic oxidation sites excluding steroid dienone is 1. The highest BCUT2D eigenvalue weighted by atomic mass is 16.3. The van der Waals surface area contributed by atoms with Crippen molar-refractivity contribution >= 4 is 0 Å². The molecule has 8 atom stereocenters. The summed E-state index contributed by atoms with van der Waals surface area (Å²) < 4.78 is 0. The van der Waals surface area contributed by atoms with Crippen molar-refractivity contribution in [1.82, 2.24) is 0 Å². The fourth-order valence-electron chi connectivity index (χ4n) is 7.53. The second-order valence-corrected chi connectivity index (χ2v) is 9.51. The maximum atomic E-state index is 10.3. The third-order valence-corrected chi connectivity index (χ3v) is 8.74. The fraction of sp³-hybridized carbons (Fsp3) is 0.905.